The number of aliphatic hydroxyl groups is 1. The van der Waals surface area contributed by atoms with Gasteiger partial charge in [-0.3, -0.25) is 9.59 Å². The lowest BCUT2D eigenvalue weighted by Crippen LogP contribution is -2.37. The summed E-state index contributed by atoms with van der Waals surface area (Å²) < 4.78 is 4.47. The van der Waals surface area contributed by atoms with Gasteiger partial charge in [0.15, 0.2) is 12.4 Å². The van der Waals surface area contributed by atoms with Gasteiger partial charge >= 0.3 is 5.97 Å². The van der Waals surface area contributed by atoms with Crippen LogP contribution in [0.2, 0.25) is 0 Å². The third-order valence-corrected chi connectivity index (χ3v) is 1.49. The Morgan fingerprint density at radius 3 is 2.67 bits per heavy atom. The molecule has 0 aliphatic rings. The number of aldehydes is 1. The standard InChI is InChI=1S/C6H11NO4S/c7-5(3-12)6(10)11-4(1-8)2-9/h1,4-5,9,12H,2-3,7H2/t4?,5-/m0/s1. The normalized spacial score (nSPS) is 14.9. The molecule has 1 unspecified atom stereocenters. The summed E-state index contributed by atoms with van der Waals surface area (Å²) in [6.45, 7) is -0.533. The zero-order chi connectivity index (χ0) is 9.56. The van der Waals surface area contributed by atoms with Gasteiger partial charge in [0.25, 0.3) is 0 Å². The smallest absolute Gasteiger partial charge is 0.324 e. The van der Waals surface area contributed by atoms with Crippen LogP contribution in [0.1, 0.15) is 0 Å². The number of nitrogens with two attached hydrogens (primary N) is 1. The van der Waals surface area contributed by atoms with Crippen LogP contribution in [0.5, 0.6) is 0 Å². The molecule has 0 heterocycles. The van der Waals surface area contributed by atoms with Crippen LogP contribution in [-0.2, 0) is 14.3 Å². The minimum atomic E-state index is -1.12. The highest BCUT2D eigenvalue weighted by atomic mass is 32.1. The summed E-state index contributed by atoms with van der Waals surface area (Å²) in [6.07, 6.45) is -0.785. The zero-order valence-corrected chi connectivity index (χ0v) is 7.24. The van der Waals surface area contributed by atoms with Crippen molar-refractivity contribution in [3.63, 3.8) is 0 Å². The SMILES string of the molecule is N[C@@H](CS)C(=O)OC(C=O)CO. The van der Waals surface area contributed by atoms with Crippen LogP contribution in [0.4, 0.5) is 0 Å². The molecule has 70 valence electrons. The van der Waals surface area contributed by atoms with Crippen molar-refractivity contribution < 1.29 is 19.4 Å². The maximum Gasteiger partial charge on any atom is 0.324 e. The van der Waals surface area contributed by atoms with Crippen molar-refractivity contribution in [1.29, 1.82) is 0 Å². The van der Waals surface area contributed by atoms with Crippen LogP contribution in [0.15, 0.2) is 0 Å². The Morgan fingerprint density at radius 1 is 1.75 bits per heavy atom. The van der Waals surface area contributed by atoms with Crippen LogP contribution in [0, 0.1) is 0 Å². The summed E-state index contributed by atoms with van der Waals surface area (Å²) >= 11 is 3.76. The van der Waals surface area contributed by atoms with Gasteiger partial charge in [-0.15, -0.1) is 0 Å². The summed E-state index contributed by atoms with van der Waals surface area (Å²) in [5, 5.41) is 8.46. The lowest BCUT2D eigenvalue weighted by Gasteiger charge is -2.11. The highest BCUT2D eigenvalue weighted by molar-refractivity contribution is 7.80. The van der Waals surface area contributed by atoms with E-state index in [4.69, 9.17) is 10.8 Å². The summed E-state index contributed by atoms with van der Waals surface area (Å²) in [5.74, 6) is -0.605. The van der Waals surface area contributed by atoms with Gasteiger partial charge in [-0.25, -0.2) is 0 Å². The quantitative estimate of drug-likeness (QED) is 0.276. The molecule has 0 saturated carbocycles. The van der Waals surface area contributed by atoms with Crippen molar-refractivity contribution in [3.8, 4) is 0 Å². The molecular formula is C6H11NO4S. The van der Waals surface area contributed by atoms with Gasteiger partial charge in [-0.2, -0.15) is 12.6 Å². The number of hydrogen-bond donors (Lipinski definition) is 3. The van der Waals surface area contributed by atoms with E-state index < -0.39 is 24.7 Å². The van der Waals surface area contributed by atoms with E-state index in [1.165, 1.54) is 0 Å². The second-order valence-electron chi connectivity index (χ2n) is 2.08. The molecule has 5 nitrogen and oxygen atoms in total. The molecule has 0 saturated heterocycles. The minimum Gasteiger partial charge on any atom is -0.451 e. The molecule has 0 rings (SSSR count). The van der Waals surface area contributed by atoms with Crippen molar-refractivity contribution in [2.24, 2.45) is 5.73 Å². The molecule has 0 bridgehead atoms. The lowest BCUT2D eigenvalue weighted by molar-refractivity contribution is -0.154. The maximum atomic E-state index is 10.8. The Bertz CT molecular complexity index is 164. The van der Waals surface area contributed by atoms with E-state index >= 15 is 0 Å². The number of aliphatic hydroxyl groups excluding tert-OH is 1. The molecule has 2 atom stereocenters. The van der Waals surface area contributed by atoms with E-state index in [0.29, 0.717) is 6.29 Å². The second kappa shape index (κ2) is 5.99. The molecule has 0 aromatic rings. The molecule has 0 aliphatic heterocycles. The largest absolute Gasteiger partial charge is 0.451 e. The summed E-state index contributed by atoms with van der Waals surface area (Å²) in [5.41, 5.74) is 5.23. The number of carbonyl (C=O) groups excluding carboxylic acids is 2. The molecule has 0 aliphatic carbocycles. The van der Waals surface area contributed by atoms with Crippen LogP contribution in [0.25, 0.3) is 0 Å². The van der Waals surface area contributed by atoms with Crippen molar-refractivity contribution in [2.75, 3.05) is 12.4 Å². The average Bonchev–Trinajstić information content (AvgIpc) is 2.12. The summed E-state index contributed by atoms with van der Waals surface area (Å²) in [7, 11) is 0. The van der Waals surface area contributed by atoms with E-state index in [1.807, 2.05) is 0 Å². The number of rotatable bonds is 5. The van der Waals surface area contributed by atoms with E-state index in [1.54, 1.807) is 0 Å². The molecule has 0 aromatic carbocycles. The first-order chi connectivity index (χ1) is 5.65. The van der Waals surface area contributed by atoms with Gasteiger partial charge in [0, 0.05) is 5.75 Å². The number of hydrogen-bond acceptors (Lipinski definition) is 6. The highest BCUT2D eigenvalue weighted by Crippen LogP contribution is 1.93. The van der Waals surface area contributed by atoms with Gasteiger partial charge in [0.2, 0.25) is 0 Å². The molecule has 0 fully saturated rings. The Labute approximate surface area is 75.3 Å². The van der Waals surface area contributed by atoms with Crippen LogP contribution in [-0.4, -0.2) is 41.9 Å². The molecule has 0 amide bonds. The van der Waals surface area contributed by atoms with Gasteiger partial charge in [-0.1, -0.05) is 0 Å². The monoisotopic (exact) mass is 193 g/mol. The van der Waals surface area contributed by atoms with E-state index in [2.05, 4.69) is 17.4 Å². The topological polar surface area (TPSA) is 89.6 Å². The van der Waals surface area contributed by atoms with Crippen LogP contribution in [0.3, 0.4) is 0 Å². The molecule has 0 spiro atoms. The first-order valence-electron chi connectivity index (χ1n) is 3.28. The molecule has 12 heavy (non-hydrogen) atoms. The molecule has 0 radical (unpaired) electrons. The maximum absolute atomic E-state index is 10.8. The fourth-order valence-corrected chi connectivity index (χ4v) is 0.568. The Kier molecular flexibility index (Phi) is 5.69. The molecule has 3 N–H and O–H groups in total. The number of ether oxygens (including phenoxy) is 1. The zero-order valence-electron chi connectivity index (χ0n) is 6.34. The van der Waals surface area contributed by atoms with Crippen molar-refractivity contribution in [2.45, 2.75) is 12.1 Å². The van der Waals surface area contributed by atoms with E-state index in [9.17, 15) is 9.59 Å². The van der Waals surface area contributed by atoms with Gasteiger partial charge in [0.1, 0.15) is 6.04 Å². The molecular weight excluding hydrogens is 182 g/mol. The van der Waals surface area contributed by atoms with E-state index in [-0.39, 0.29) is 5.75 Å². The van der Waals surface area contributed by atoms with Gasteiger partial charge in [0.05, 0.1) is 6.61 Å². The first kappa shape index (κ1) is 11.4. The van der Waals surface area contributed by atoms with Crippen molar-refractivity contribution >= 4 is 24.9 Å². The summed E-state index contributed by atoms with van der Waals surface area (Å²) in [6, 6.07) is -0.859. The molecule has 6 heteroatoms. The van der Waals surface area contributed by atoms with Gasteiger partial charge < -0.3 is 15.6 Å². The number of thiol groups is 1. The second-order valence-corrected chi connectivity index (χ2v) is 2.45. The Balaban J connectivity index is 3.89. The van der Waals surface area contributed by atoms with Crippen molar-refractivity contribution in [1.82, 2.24) is 0 Å². The fraction of sp³-hybridized carbons (Fsp3) is 0.667. The minimum absolute atomic E-state index is 0.135. The number of esters is 1. The Morgan fingerprint density at radius 2 is 2.33 bits per heavy atom. The van der Waals surface area contributed by atoms with Crippen molar-refractivity contribution in [3.05, 3.63) is 0 Å². The van der Waals surface area contributed by atoms with Gasteiger partial charge in [-0.05, 0) is 0 Å². The predicted octanol–water partition coefficient (Wildman–Crippen LogP) is -1.65. The third kappa shape index (κ3) is 3.70. The lowest BCUT2D eigenvalue weighted by atomic mass is 10.3. The van der Waals surface area contributed by atoms with E-state index in [0.717, 1.165) is 0 Å². The third-order valence-electron chi connectivity index (χ3n) is 1.10. The summed E-state index contributed by atoms with van der Waals surface area (Å²) in [4.78, 5) is 20.9. The predicted molar refractivity (Wildman–Crippen MR) is 44.9 cm³/mol. The fourth-order valence-electron chi connectivity index (χ4n) is 0.419. The highest BCUT2D eigenvalue weighted by Gasteiger charge is 2.17. The number of carbonyl (C=O) groups is 2. The first-order valence-corrected chi connectivity index (χ1v) is 3.92. The average molecular weight is 193 g/mol. The van der Waals surface area contributed by atoms with Crippen LogP contribution >= 0.6 is 12.6 Å². The molecule has 0 aromatic heterocycles. The van der Waals surface area contributed by atoms with Crippen LogP contribution < -0.4 is 5.73 Å². The Hall–Kier alpha value is -0.590.